The van der Waals surface area contributed by atoms with E-state index in [1.54, 1.807) is 0 Å². The average molecular weight is 164 g/mol. The summed E-state index contributed by atoms with van der Waals surface area (Å²) in [6.07, 6.45) is 0.575. The lowest BCUT2D eigenvalue weighted by Crippen LogP contribution is -2.04. The number of aldehydes is 1. The van der Waals surface area contributed by atoms with Gasteiger partial charge in [-0.05, 0) is 12.1 Å². The second kappa shape index (κ2) is 3.13. The van der Waals surface area contributed by atoms with Crippen LogP contribution in [0.25, 0.3) is 0 Å². The van der Waals surface area contributed by atoms with Crippen LogP contribution in [0.2, 0.25) is 0 Å². The predicted octanol–water partition coefficient (Wildman–Crippen LogP) is 0.679. The van der Waals surface area contributed by atoms with E-state index < -0.39 is 0 Å². The lowest BCUT2D eigenvalue weighted by atomic mass is 10.2. The number of rotatable bonds is 2. The van der Waals surface area contributed by atoms with Gasteiger partial charge in [0.2, 0.25) is 0 Å². The molecule has 2 N–H and O–H groups in total. The Labute approximate surface area is 69.4 Å². The highest BCUT2D eigenvalue weighted by atomic mass is 16.1. The van der Waals surface area contributed by atoms with Crippen molar-refractivity contribution >= 4 is 17.8 Å². The first-order valence-corrected chi connectivity index (χ1v) is 3.38. The smallest absolute Gasteiger partial charge is 0.180 e. The van der Waals surface area contributed by atoms with E-state index in [0.29, 0.717) is 12.0 Å². The third-order valence-electron chi connectivity index (χ3n) is 1.40. The number of anilines is 1. The lowest BCUT2D eigenvalue weighted by molar-refractivity contribution is 0.101. The number of nitrogen functional groups attached to an aromatic ring is 1. The molecule has 4 heteroatoms. The van der Waals surface area contributed by atoms with Gasteiger partial charge in [0, 0.05) is 6.92 Å². The Hall–Kier alpha value is -1.71. The van der Waals surface area contributed by atoms with Crippen molar-refractivity contribution in [3.8, 4) is 0 Å². The molecule has 0 saturated heterocycles. The molecule has 62 valence electrons. The molecule has 0 saturated carbocycles. The van der Waals surface area contributed by atoms with Gasteiger partial charge < -0.3 is 5.73 Å². The molecular weight excluding hydrogens is 156 g/mol. The molecule has 12 heavy (non-hydrogen) atoms. The first-order chi connectivity index (χ1) is 5.65. The quantitative estimate of drug-likeness (QED) is 0.515. The minimum atomic E-state index is -0.240. The van der Waals surface area contributed by atoms with E-state index >= 15 is 0 Å². The fraction of sp³-hybridized carbons (Fsp3) is 0.125. The number of hydrogen-bond acceptors (Lipinski definition) is 4. The summed E-state index contributed by atoms with van der Waals surface area (Å²) in [5, 5.41) is 0. The van der Waals surface area contributed by atoms with Crippen molar-refractivity contribution in [1.82, 2.24) is 4.98 Å². The number of pyridine rings is 1. The van der Waals surface area contributed by atoms with Crippen molar-refractivity contribution in [3.05, 3.63) is 23.5 Å². The number of carbonyl (C=O) groups is 2. The number of aromatic nitrogens is 1. The third-order valence-corrected chi connectivity index (χ3v) is 1.40. The number of Topliss-reactive ketones (excluding diaryl/α,β-unsaturated/α-hetero) is 1. The highest BCUT2D eigenvalue weighted by molar-refractivity contribution is 5.97. The van der Waals surface area contributed by atoms with Crippen LogP contribution in [-0.2, 0) is 0 Å². The van der Waals surface area contributed by atoms with Gasteiger partial charge in [-0.3, -0.25) is 9.59 Å². The maximum atomic E-state index is 10.9. The largest absolute Gasteiger partial charge is 0.397 e. The first kappa shape index (κ1) is 8.39. The van der Waals surface area contributed by atoms with Crippen LogP contribution in [0.5, 0.6) is 0 Å². The third kappa shape index (κ3) is 1.47. The van der Waals surface area contributed by atoms with Crippen molar-refractivity contribution < 1.29 is 9.59 Å². The molecule has 0 atom stereocenters. The standard InChI is InChI=1S/C8H8N2O2/c1-5(12)8-7(9)3-2-6(4-11)10-8/h2-4H,9H2,1H3. The summed E-state index contributed by atoms with van der Waals surface area (Å²) in [6.45, 7) is 1.35. The number of carbonyl (C=O) groups excluding carboxylic acids is 2. The van der Waals surface area contributed by atoms with Crippen LogP contribution in [0.15, 0.2) is 12.1 Å². The van der Waals surface area contributed by atoms with E-state index in [1.165, 1.54) is 19.1 Å². The Balaban J connectivity index is 3.25. The van der Waals surface area contributed by atoms with Crippen LogP contribution in [0.3, 0.4) is 0 Å². The zero-order valence-electron chi connectivity index (χ0n) is 6.57. The first-order valence-electron chi connectivity index (χ1n) is 3.38. The minimum absolute atomic E-state index is 0.152. The van der Waals surface area contributed by atoms with Gasteiger partial charge in [-0.1, -0.05) is 0 Å². The summed E-state index contributed by atoms with van der Waals surface area (Å²) in [6, 6.07) is 2.96. The molecule has 0 aliphatic heterocycles. The maximum absolute atomic E-state index is 10.9. The van der Waals surface area contributed by atoms with Gasteiger partial charge in [0.05, 0.1) is 5.69 Å². The van der Waals surface area contributed by atoms with Crippen molar-refractivity contribution in [1.29, 1.82) is 0 Å². The van der Waals surface area contributed by atoms with Crippen LogP contribution in [-0.4, -0.2) is 17.1 Å². The van der Waals surface area contributed by atoms with E-state index in [2.05, 4.69) is 4.98 Å². The van der Waals surface area contributed by atoms with E-state index in [1.807, 2.05) is 0 Å². The summed E-state index contributed by atoms with van der Waals surface area (Å²) < 4.78 is 0. The summed E-state index contributed by atoms with van der Waals surface area (Å²) in [5.41, 5.74) is 6.11. The second-order valence-electron chi connectivity index (χ2n) is 2.35. The topological polar surface area (TPSA) is 73.0 Å². The van der Waals surface area contributed by atoms with Crippen molar-refractivity contribution in [2.24, 2.45) is 0 Å². The molecule has 0 aliphatic rings. The van der Waals surface area contributed by atoms with Gasteiger partial charge in [-0.15, -0.1) is 0 Å². The van der Waals surface area contributed by atoms with Gasteiger partial charge in [-0.25, -0.2) is 4.98 Å². The van der Waals surface area contributed by atoms with Crippen LogP contribution in [0.1, 0.15) is 27.9 Å². The highest BCUT2D eigenvalue weighted by Gasteiger charge is 2.06. The lowest BCUT2D eigenvalue weighted by Gasteiger charge is -1.99. The Bertz CT molecular complexity index is 334. The summed E-state index contributed by atoms with van der Waals surface area (Å²) in [7, 11) is 0. The van der Waals surface area contributed by atoms with Gasteiger partial charge in [0.15, 0.2) is 12.1 Å². The molecule has 1 heterocycles. The average Bonchev–Trinajstić information content (AvgIpc) is 2.05. The van der Waals surface area contributed by atoms with Gasteiger partial charge in [0.25, 0.3) is 0 Å². The zero-order valence-corrected chi connectivity index (χ0v) is 6.57. The molecule has 0 aliphatic carbocycles. The summed E-state index contributed by atoms with van der Waals surface area (Å²) in [5.74, 6) is -0.240. The highest BCUT2D eigenvalue weighted by Crippen LogP contribution is 2.09. The Morgan fingerprint density at radius 1 is 1.58 bits per heavy atom. The molecule has 0 radical (unpaired) electrons. The van der Waals surface area contributed by atoms with Crippen LogP contribution in [0, 0.1) is 0 Å². The molecule has 1 rings (SSSR count). The molecule has 0 aromatic carbocycles. The monoisotopic (exact) mass is 164 g/mol. The van der Waals surface area contributed by atoms with Crippen LogP contribution < -0.4 is 5.73 Å². The van der Waals surface area contributed by atoms with E-state index in [4.69, 9.17) is 5.73 Å². The van der Waals surface area contributed by atoms with Gasteiger partial charge in [-0.2, -0.15) is 0 Å². The normalized spacial score (nSPS) is 9.42. The molecule has 0 unspecified atom stereocenters. The molecular formula is C8H8N2O2. The fourth-order valence-electron chi connectivity index (χ4n) is 0.833. The van der Waals surface area contributed by atoms with Gasteiger partial charge >= 0.3 is 0 Å². The minimum Gasteiger partial charge on any atom is -0.397 e. The number of hydrogen-bond donors (Lipinski definition) is 1. The molecule has 0 fully saturated rings. The van der Waals surface area contributed by atoms with Crippen molar-refractivity contribution in [2.75, 3.05) is 5.73 Å². The molecule has 4 nitrogen and oxygen atoms in total. The fourth-order valence-corrected chi connectivity index (χ4v) is 0.833. The molecule has 0 spiro atoms. The number of nitrogens with two attached hydrogens (primary N) is 1. The number of ketones is 1. The second-order valence-corrected chi connectivity index (χ2v) is 2.35. The molecule has 0 bridgehead atoms. The van der Waals surface area contributed by atoms with E-state index in [-0.39, 0.29) is 17.2 Å². The molecule has 1 aromatic heterocycles. The predicted molar refractivity (Wildman–Crippen MR) is 44.0 cm³/mol. The number of nitrogens with zero attached hydrogens (tertiary/aromatic N) is 1. The van der Waals surface area contributed by atoms with Crippen LogP contribution >= 0.6 is 0 Å². The van der Waals surface area contributed by atoms with Crippen molar-refractivity contribution in [3.63, 3.8) is 0 Å². The molecule has 1 aromatic rings. The Morgan fingerprint density at radius 3 is 2.75 bits per heavy atom. The Morgan fingerprint density at radius 2 is 2.25 bits per heavy atom. The zero-order chi connectivity index (χ0) is 9.14. The van der Waals surface area contributed by atoms with Crippen molar-refractivity contribution in [2.45, 2.75) is 6.92 Å². The maximum Gasteiger partial charge on any atom is 0.180 e. The van der Waals surface area contributed by atoms with Gasteiger partial charge in [0.1, 0.15) is 11.4 Å². The summed E-state index contributed by atoms with van der Waals surface area (Å²) in [4.78, 5) is 24.9. The summed E-state index contributed by atoms with van der Waals surface area (Å²) >= 11 is 0. The van der Waals surface area contributed by atoms with E-state index in [0.717, 1.165) is 0 Å². The van der Waals surface area contributed by atoms with E-state index in [9.17, 15) is 9.59 Å². The SMILES string of the molecule is CC(=O)c1nc(C=O)ccc1N. The van der Waals surface area contributed by atoms with Crippen LogP contribution in [0.4, 0.5) is 5.69 Å². The molecule has 0 amide bonds. The Kier molecular flexibility index (Phi) is 2.19.